The van der Waals surface area contributed by atoms with Gasteiger partial charge in [0.05, 0.1) is 0 Å². The van der Waals surface area contributed by atoms with Gasteiger partial charge < -0.3 is 18.6 Å². The Balaban J connectivity index is 1.15. The summed E-state index contributed by atoms with van der Waals surface area (Å²) >= 11 is 0. The van der Waals surface area contributed by atoms with E-state index in [2.05, 4.69) is 10.9 Å². The number of carbonyl (C=O) groups excluding carboxylic acids is 2. The number of hydrogen-bond acceptors (Lipinski definition) is 7. The number of aryl methyl sites for hydroxylation is 1. The summed E-state index contributed by atoms with van der Waals surface area (Å²) in [6, 6.07) is 12.2. The molecule has 2 N–H and O–H groups in total. The van der Waals surface area contributed by atoms with Gasteiger partial charge in [0.1, 0.15) is 17.9 Å². The Bertz CT molecular complexity index is 1270. The maximum Gasteiger partial charge on any atom is 0.339 e. The number of rotatable bonds is 4. The lowest BCUT2D eigenvalue weighted by Crippen LogP contribution is -2.51. The second kappa shape index (κ2) is 8.26. The molecule has 0 radical (unpaired) electrons. The van der Waals surface area contributed by atoms with E-state index >= 15 is 0 Å². The fourth-order valence-electron chi connectivity index (χ4n) is 3.90. The molecule has 0 bridgehead atoms. The molecule has 0 fully saturated rings. The van der Waals surface area contributed by atoms with Crippen LogP contribution in [0, 0.1) is 0 Å². The lowest BCUT2D eigenvalue weighted by atomic mass is 10.1. The fourth-order valence-corrected chi connectivity index (χ4v) is 3.90. The van der Waals surface area contributed by atoms with Gasteiger partial charge in [-0.15, -0.1) is 0 Å². The molecule has 2 aromatic carbocycles. The molecule has 1 atom stereocenters. The van der Waals surface area contributed by atoms with Gasteiger partial charge in [0, 0.05) is 17.0 Å². The molecule has 1 aromatic heterocycles. The highest BCUT2D eigenvalue weighted by atomic mass is 16.6. The summed E-state index contributed by atoms with van der Waals surface area (Å²) in [6.07, 6.45) is 1.63. The maximum absolute atomic E-state index is 12.2. The van der Waals surface area contributed by atoms with E-state index in [4.69, 9.17) is 18.6 Å². The van der Waals surface area contributed by atoms with Crippen molar-refractivity contribution in [3.8, 4) is 17.2 Å². The quantitative estimate of drug-likeness (QED) is 0.472. The van der Waals surface area contributed by atoms with E-state index in [0.29, 0.717) is 22.8 Å². The molecule has 0 saturated carbocycles. The van der Waals surface area contributed by atoms with Crippen molar-refractivity contribution in [2.24, 2.45) is 0 Å². The van der Waals surface area contributed by atoms with E-state index in [1.807, 2.05) is 6.07 Å². The number of hydrazine groups is 1. The van der Waals surface area contributed by atoms with Gasteiger partial charge in [-0.25, -0.2) is 4.79 Å². The summed E-state index contributed by atoms with van der Waals surface area (Å²) in [5, 5.41) is 0.887. The van der Waals surface area contributed by atoms with Gasteiger partial charge in [-0.2, -0.15) is 0 Å². The van der Waals surface area contributed by atoms with Gasteiger partial charge in [-0.05, 0) is 49.1 Å². The lowest BCUT2D eigenvalue weighted by molar-refractivity contribution is -0.135. The number of hydrogen-bond donors (Lipinski definition) is 2. The molecule has 9 nitrogen and oxygen atoms in total. The summed E-state index contributed by atoms with van der Waals surface area (Å²) in [7, 11) is 0. The molecule has 5 rings (SSSR count). The Morgan fingerprint density at radius 3 is 2.72 bits per heavy atom. The molecule has 0 saturated heterocycles. The Morgan fingerprint density at radius 2 is 1.84 bits per heavy atom. The van der Waals surface area contributed by atoms with Crippen LogP contribution >= 0.6 is 0 Å². The van der Waals surface area contributed by atoms with Crippen molar-refractivity contribution in [1.29, 1.82) is 0 Å². The molecular formula is C23H20N2O7. The first-order chi connectivity index (χ1) is 15.6. The molecule has 2 heterocycles. The third-order valence-electron chi connectivity index (χ3n) is 5.44. The van der Waals surface area contributed by atoms with E-state index in [0.717, 1.165) is 35.8 Å². The molecule has 2 aliphatic rings. The van der Waals surface area contributed by atoms with Crippen LogP contribution in [-0.2, 0) is 22.4 Å². The number of carbonyl (C=O) groups is 2. The first-order valence-corrected chi connectivity index (χ1v) is 10.3. The lowest BCUT2D eigenvalue weighted by Gasteiger charge is -2.25. The topological polar surface area (TPSA) is 116 Å². The van der Waals surface area contributed by atoms with Crippen molar-refractivity contribution in [2.45, 2.75) is 25.4 Å². The average molecular weight is 436 g/mol. The normalized spacial score (nSPS) is 16.3. The largest absolute Gasteiger partial charge is 0.485 e. The number of ether oxygens (including phenoxy) is 3. The molecule has 1 aliphatic heterocycles. The van der Waals surface area contributed by atoms with Crippen LogP contribution in [0.15, 0.2) is 51.7 Å². The number of fused-ring (bicyclic) bond motifs is 4. The number of para-hydroxylation sites is 2. The van der Waals surface area contributed by atoms with Crippen molar-refractivity contribution in [1.82, 2.24) is 10.9 Å². The molecule has 0 spiro atoms. The van der Waals surface area contributed by atoms with E-state index in [-0.39, 0.29) is 18.8 Å². The standard InChI is InChI=1S/C23H20N2O7/c26-21(24-25-22(27)20-11-30-17-6-1-2-7-18(17)31-20)12-29-13-8-9-15-14-4-3-5-16(14)23(28)32-19(15)10-13/h1-2,6-10,20H,3-5,11-12H2,(H,24,26)(H,25,27)/t20-/m1/s1. The highest BCUT2D eigenvalue weighted by Crippen LogP contribution is 2.31. The number of amides is 2. The Labute approximate surface area is 182 Å². The predicted octanol–water partition coefficient (Wildman–Crippen LogP) is 1.65. The Hall–Kier alpha value is -4.01. The first-order valence-electron chi connectivity index (χ1n) is 10.3. The minimum absolute atomic E-state index is 0.0290. The molecule has 2 amide bonds. The van der Waals surface area contributed by atoms with Crippen molar-refractivity contribution in [3.05, 3.63) is 64.0 Å². The van der Waals surface area contributed by atoms with Crippen LogP contribution in [0.2, 0.25) is 0 Å². The average Bonchev–Trinajstić information content (AvgIpc) is 3.32. The monoisotopic (exact) mass is 436 g/mol. The van der Waals surface area contributed by atoms with Gasteiger partial charge in [-0.3, -0.25) is 20.4 Å². The van der Waals surface area contributed by atoms with Crippen LogP contribution in [0.25, 0.3) is 11.0 Å². The summed E-state index contributed by atoms with van der Waals surface area (Å²) in [6.45, 7) is -0.312. The summed E-state index contributed by atoms with van der Waals surface area (Å²) < 4.78 is 22.0. The van der Waals surface area contributed by atoms with Crippen LogP contribution in [-0.4, -0.2) is 31.1 Å². The van der Waals surface area contributed by atoms with Gasteiger partial charge in [-0.1, -0.05) is 12.1 Å². The molecular weight excluding hydrogens is 416 g/mol. The minimum Gasteiger partial charge on any atom is -0.485 e. The van der Waals surface area contributed by atoms with Crippen LogP contribution < -0.4 is 30.7 Å². The Morgan fingerprint density at radius 1 is 1.03 bits per heavy atom. The predicted molar refractivity (Wildman–Crippen MR) is 113 cm³/mol. The van der Waals surface area contributed by atoms with Crippen molar-refractivity contribution < 1.29 is 28.2 Å². The SMILES string of the molecule is O=C(COc1ccc2c3c(c(=O)oc2c1)CCC3)NNC(=O)[C@H]1COc2ccccc2O1. The zero-order chi connectivity index (χ0) is 22.1. The highest BCUT2D eigenvalue weighted by molar-refractivity contribution is 5.86. The Kier molecular flexibility index (Phi) is 5.14. The van der Waals surface area contributed by atoms with Gasteiger partial charge in [0.15, 0.2) is 18.1 Å². The third-order valence-corrected chi connectivity index (χ3v) is 5.44. The third kappa shape index (κ3) is 3.84. The van der Waals surface area contributed by atoms with Crippen LogP contribution in [0.4, 0.5) is 0 Å². The molecule has 164 valence electrons. The van der Waals surface area contributed by atoms with Crippen LogP contribution in [0.5, 0.6) is 17.2 Å². The first kappa shape index (κ1) is 19.9. The molecule has 1 aliphatic carbocycles. The maximum atomic E-state index is 12.2. The molecule has 9 heteroatoms. The minimum atomic E-state index is -0.892. The number of benzene rings is 2. The molecule has 0 unspecified atom stereocenters. The smallest absolute Gasteiger partial charge is 0.339 e. The van der Waals surface area contributed by atoms with Gasteiger partial charge >= 0.3 is 5.63 Å². The van der Waals surface area contributed by atoms with Crippen molar-refractivity contribution in [3.63, 3.8) is 0 Å². The summed E-state index contributed by atoms with van der Waals surface area (Å²) in [5.41, 5.74) is 6.47. The molecule has 3 aromatic rings. The van der Waals surface area contributed by atoms with E-state index < -0.39 is 17.9 Å². The van der Waals surface area contributed by atoms with Gasteiger partial charge in [0.2, 0.25) is 6.10 Å². The van der Waals surface area contributed by atoms with Gasteiger partial charge in [0.25, 0.3) is 11.8 Å². The zero-order valence-corrected chi connectivity index (χ0v) is 17.0. The van der Waals surface area contributed by atoms with E-state index in [1.54, 1.807) is 36.4 Å². The van der Waals surface area contributed by atoms with Crippen LogP contribution in [0.1, 0.15) is 17.5 Å². The van der Waals surface area contributed by atoms with Crippen molar-refractivity contribution in [2.75, 3.05) is 13.2 Å². The van der Waals surface area contributed by atoms with E-state index in [9.17, 15) is 14.4 Å². The summed E-state index contributed by atoms with van der Waals surface area (Å²) in [5.74, 6) is 0.285. The second-order valence-corrected chi connectivity index (χ2v) is 7.55. The number of nitrogens with one attached hydrogen (secondary N) is 2. The highest BCUT2D eigenvalue weighted by Gasteiger charge is 2.27. The van der Waals surface area contributed by atoms with Crippen molar-refractivity contribution >= 4 is 22.8 Å². The molecule has 32 heavy (non-hydrogen) atoms. The second-order valence-electron chi connectivity index (χ2n) is 7.55. The van der Waals surface area contributed by atoms with Crippen LogP contribution in [0.3, 0.4) is 0 Å². The zero-order valence-electron chi connectivity index (χ0n) is 17.0. The van der Waals surface area contributed by atoms with E-state index in [1.165, 1.54) is 0 Å². The summed E-state index contributed by atoms with van der Waals surface area (Å²) in [4.78, 5) is 36.4. The fraction of sp³-hybridized carbons (Fsp3) is 0.261.